The lowest BCUT2D eigenvalue weighted by Gasteiger charge is -2.36. The largest absolute Gasteiger partial charge is 0.456 e. The Bertz CT molecular complexity index is 1390. The van der Waals surface area contributed by atoms with E-state index in [1.54, 1.807) is 9.80 Å². The molecule has 10 heteroatoms. The Balaban J connectivity index is 1.31. The number of hydrogen-bond donors (Lipinski definition) is 0. The van der Waals surface area contributed by atoms with Gasteiger partial charge < -0.3 is 33.5 Å². The first-order chi connectivity index (χ1) is 19.3. The Hall–Kier alpha value is -3.95. The molecule has 3 heterocycles. The molecule has 2 aliphatic heterocycles. The van der Waals surface area contributed by atoms with Crippen LogP contribution in [0.5, 0.6) is 0 Å². The summed E-state index contributed by atoms with van der Waals surface area (Å²) < 4.78 is 17.3. The number of carbonyl (C=O) groups excluding carboxylic acids is 2. The van der Waals surface area contributed by atoms with Gasteiger partial charge in [-0.25, -0.2) is 9.59 Å². The highest BCUT2D eigenvalue weighted by molar-refractivity contribution is 5.92. The summed E-state index contributed by atoms with van der Waals surface area (Å²) in [5.74, 6) is 0. The first-order valence-corrected chi connectivity index (χ1v) is 14.2. The molecule has 2 amide bonds. The first kappa shape index (κ1) is 28.6. The molecule has 0 bridgehead atoms. The van der Waals surface area contributed by atoms with Crippen LogP contribution in [0.3, 0.4) is 0 Å². The van der Waals surface area contributed by atoms with E-state index in [1.165, 1.54) is 0 Å². The van der Waals surface area contributed by atoms with Gasteiger partial charge in [0.15, 0.2) is 0 Å². The van der Waals surface area contributed by atoms with Crippen molar-refractivity contribution >= 4 is 45.5 Å². The average molecular weight is 565 g/mol. The van der Waals surface area contributed by atoms with Gasteiger partial charge in [0.2, 0.25) is 5.43 Å². The summed E-state index contributed by atoms with van der Waals surface area (Å²) in [5, 5.41) is 1.07. The zero-order chi connectivity index (χ0) is 29.5. The summed E-state index contributed by atoms with van der Waals surface area (Å²) in [6.45, 7) is 16.0. The fourth-order valence-corrected chi connectivity index (χ4v) is 5.17. The lowest BCUT2D eigenvalue weighted by atomic mass is 10.1. The van der Waals surface area contributed by atoms with E-state index in [0.29, 0.717) is 74.3 Å². The molecule has 2 aliphatic rings. The van der Waals surface area contributed by atoms with Crippen LogP contribution < -0.4 is 15.2 Å². The van der Waals surface area contributed by atoms with Crippen LogP contribution in [0.15, 0.2) is 45.6 Å². The number of hydrogen-bond acceptors (Lipinski definition) is 8. The van der Waals surface area contributed by atoms with Crippen molar-refractivity contribution < 1.29 is 23.5 Å². The van der Waals surface area contributed by atoms with Crippen LogP contribution in [0, 0.1) is 0 Å². The maximum absolute atomic E-state index is 13.3. The van der Waals surface area contributed by atoms with Gasteiger partial charge in [0.05, 0.1) is 10.8 Å². The van der Waals surface area contributed by atoms with Crippen LogP contribution in [-0.4, -0.2) is 85.5 Å². The van der Waals surface area contributed by atoms with E-state index in [4.69, 9.17) is 13.9 Å². The molecule has 220 valence electrons. The quantitative estimate of drug-likeness (QED) is 0.399. The van der Waals surface area contributed by atoms with Crippen molar-refractivity contribution in [3.8, 4) is 0 Å². The van der Waals surface area contributed by atoms with Gasteiger partial charge in [-0.05, 0) is 65.8 Å². The highest BCUT2D eigenvalue weighted by atomic mass is 16.6. The Kier molecular flexibility index (Phi) is 7.52. The number of benzene rings is 2. The minimum absolute atomic E-state index is 0.0659. The molecule has 5 rings (SSSR count). The monoisotopic (exact) mass is 564 g/mol. The minimum Gasteiger partial charge on any atom is -0.456 e. The number of carbonyl (C=O) groups is 2. The van der Waals surface area contributed by atoms with Crippen LogP contribution >= 0.6 is 0 Å². The normalized spacial score (nSPS) is 16.8. The Morgan fingerprint density at radius 1 is 0.634 bits per heavy atom. The third-order valence-corrected chi connectivity index (χ3v) is 7.23. The summed E-state index contributed by atoms with van der Waals surface area (Å²) in [7, 11) is 0. The Morgan fingerprint density at radius 2 is 1.00 bits per heavy atom. The highest BCUT2D eigenvalue weighted by Gasteiger charge is 2.28. The molecule has 2 aromatic carbocycles. The van der Waals surface area contributed by atoms with Crippen LogP contribution in [-0.2, 0) is 9.47 Å². The molecule has 0 spiro atoms. The van der Waals surface area contributed by atoms with E-state index in [9.17, 15) is 14.4 Å². The summed E-state index contributed by atoms with van der Waals surface area (Å²) in [4.78, 5) is 46.0. The molecule has 2 fully saturated rings. The highest BCUT2D eigenvalue weighted by Crippen LogP contribution is 2.28. The minimum atomic E-state index is -0.527. The van der Waals surface area contributed by atoms with Crippen molar-refractivity contribution in [3.05, 3.63) is 46.6 Å². The van der Waals surface area contributed by atoms with Gasteiger partial charge in [0, 0.05) is 75.9 Å². The van der Waals surface area contributed by atoms with Crippen molar-refractivity contribution in [2.45, 2.75) is 52.7 Å². The standard InChI is InChI=1S/C31H40N4O6/c1-30(2,3)40-28(37)34-15-11-32(12-16-34)21-7-9-23-25(19-21)39-26-20-22(8-10-24(26)27(23)36)33-13-17-35(18-14-33)29(38)41-31(4,5)6/h7-10,19-20H,11-18H2,1-6H3. The molecule has 2 saturated heterocycles. The summed E-state index contributed by atoms with van der Waals surface area (Å²) in [6, 6.07) is 11.3. The molecule has 0 N–H and O–H groups in total. The first-order valence-electron chi connectivity index (χ1n) is 14.2. The summed E-state index contributed by atoms with van der Waals surface area (Å²) in [5.41, 5.74) is 1.82. The predicted octanol–water partition coefficient (Wildman–Crippen LogP) is 5.06. The molecule has 0 saturated carbocycles. The van der Waals surface area contributed by atoms with Gasteiger partial charge >= 0.3 is 12.2 Å². The lowest BCUT2D eigenvalue weighted by molar-refractivity contribution is 0.0230. The maximum atomic E-state index is 13.3. The van der Waals surface area contributed by atoms with Gasteiger partial charge in [-0.15, -0.1) is 0 Å². The molecule has 1 aromatic heterocycles. The zero-order valence-corrected chi connectivity index (χ0v) is 24.9. The summed E-state index contributed by atoms with van der Waals surface area (Å²) in [6.07, 6.45) is -0.592. The lowest BCUT2D eigenvalue weighted by Crippen LogP contribution is -2.50. The molecule has 0 unspecified atom stereocenters. The summed E-state index contributed by atoms with van der Waals surface area (Å²) >= 11 is 0. The topological polar surface area (TPSA) is 95.8 Å². The molecule has 41 heavy (non-hydrogen) atoms. The van der Waals surface area contributed by atoms with Crippen molar-refractivity contribution in [2.24, 2.45) is 0 Å². The number of fused-ring (bicyclic) bond motifs is 2. The maximum Gasteiger partial charge on any atom is 0.410 e. The van der Waals surface area contributed by atoms with E-state index >= 15 is 0 Å². The SMILES string of the molecule is CC(C)(C)OC(=O)N1CCN(c2ccc3c(=O)c4ccc(N5CCN(C(=O)OC(C)(C)C)CC5)cc4oc3c2)CC1. The van der Waals surface area contributed by atoms with E-state index in [-0.39, 0.29) is 17.6 Å². The number of piperazine rings is 2. The van der Waals surface area contributed by atoms with Crippen molar-refractivity contribution in [1.29, 1.82) is 0 Å². The molecule has 0 atom stereocenters. The van der Waals surface area contributed by atoms with Gasteiger partial charge in [-0.3, -0.25) is 4.79 Å². The molecule has 10 nitrogen and oxygen atoms in total. The van der Waals surface area contributed by atoms with Gasteiger partial charge in [-0.2, -0.15) is 0 Å². The number of amides is 2. The van der Waals surface area contributed by atoms with Gasteiger partial charge in [0.1, 0.15) is 22.4 Å². The Labute approximate surface area is 240 Å². The fourth-order valence-electron chi connectivity index (χ4n) is 5.17. The third kappa shape index (κ3) is 6.52. The number of ether oxygens (including phenoxy) is 2. The Morgan fingerprint density at radius 3 is 1.34 bits per heavy atom. The van der Waals surface area contributed by atoms with Crippen LogP contribution in [0.25, 0.3) is 21.9 Å². The van der Waals surface area contributed by atoms with Crippen molar-refractivity contribution in [2.75, 3.05) is 62.2 Å². The molecule has 0 aliphatic carbocycles. The number of anilines is 2. The average Bonchev–Trinajstić information content (AvgIpc) is 2.91. The van der Waals surface area contributed by atoms with Crippen molar-refractivity contribution in [3.63, 3.8) is 0 Å². The second-order valence-corrected chi connectivity index (χ2v) is 12.7. The molecular formula is C31H40N4O6. The van der Waals surface area contributed by atoms with E-state index < -0.39 is 11.2 Å². The molecular weight excluding hydrogens is 524 g/mol. The van der Waals surface area contributed by atoms with Crippen LogP contribution in [0.4, 0.5) is 21.0 Å². The second-order valence-electron chi connectivity index (χ2n) is 12.7. The molecule has 3 aromatic rings. The number of nitrogens with zero attached hydrogens (tertiary/aromatic N) is 4. The third-order valence-electron chi connectivity index (χ3n) is 7.23. The fraction of sp³-hybridized carbons (Fsp3) is 0.516. The predicted molar refractivity (Wildman–Crippen MR) is 160 cm³/mol. The smallest absolute Gasteiger partial charge is 0.410 e. The van der Waals surface area contributed by atoms with Crippen molar-refractivity contribution in [1.82, 2.24) is 9.80 Å². The van der Waals surface area contributed by atoms with Crippen LogP contribution in [0.1, 0.15) is 41.5 Å². The zero-order valence-electron chi connectivity index (χ0n) is 24.9. The second kappa shape index (κ2) is 10.8. The van der Waals surface area contributed by atoms with Gasteiger partial charge in [-0.1, -0.05) is 0 Å². The van der Waals surface area contributed by atoms with Crippen LogP contribution in [0.2, 0.25) is 0 Å². The van der Waals surface area contributed by atoms with E-state index in [1.807, 2.05) is 77.9 Å². The number of rotatable bonds is 2. The van der Waals surface area contributed by atoms with Gasteiger partial charge in [0.25, 0.3) is 0 Å². The van der Waals surface area contributed by atoms with E-state index in [2.05, 4.69) is 9.80 Å². The van der Waals surface area contributed by atoms with E-state index in [0.717, 1.165) is 11.4 Å². The molecule has 0 radical (unpaired) electrons.